The van der Waals surface area contributed by atoms with Gasteiger partial charge in [-0.25, -0.2) is 0 Å². The minimum Gasteiger partial charge on any atom is -0.390 e. The van der Waals surface area contributed by atoms with Crippen LogP contribution in [-0.4, -0.2) is 29.9 Å². The average Bonchev–Trinajstić information content (AvgIpc) is 3.54. The van der Waals surface area contributed by atoms with E-state index in [-0.39, 0.29) is 0 Å². The van der Waals surface area contributed by atoms with Crippen LogP contribution in [0.1, 0.15) is 83.3 Å². The number of amidine groups is 1. The Kier molecular flexibility index (Phi) is 9.12. The SMILES string of the molecule is CCC.CCC(C)c1ccc(CO/N=C(\N)C2CCN(C3CC3)CC2)cc1. The van der Waals surface area contributed by atoms with Crippen LogP contribution in [0.25, 0.3) is 0 Å². The van der Waals surface area contributed by atoms with Gasteiger partial charge in [0.25, 0.3) is 0 Å². The summed E-state index contributed by atoms with van der Waals surface area (Å²) in [6.07, 6.45) is 7.40. The van der Waals surface area contributed by atoms with Gasteiger partial charge in [-0.3, -0.25) is 0 Å². The highest BCUT2D eigenvalue weighted by molar-refractivity contribution is 5.82. The van der Waals surface area contributed by atoms with Gasteiger partial charge in [-0.05, 0) is 62.2 Å². The number of hydrogen-bond acceptors (Lipinski definition) is 3. The van der Waals surface area contributed by atoms with Gasteiger partial charge < -0.3 is 15.5 Å². The summed E-state index contributed by atoms with van der Waals surface area (Å²) < 4.78 is 0. The van der Waals surface area contributed by atoms with Crippen molar-refractivity contribution in [3.05, 3.63) is 35.4 Å². The second-order valence-corrected chi connectivity index (χ2v) is 8.09. The molecular weight excluding hydrogens is 334 g/mol. The van der Waals surface area contributed by atoms with Crippen molar-refractivity contribution in [1.82, 2.24) is 4.90 Å². The molecule has 2 aliphatic rings. The molecule has 0 bridgehead atoms. The molecule has 152 valence electrons. The van der Waals surface area contributed by atoms with Crippen molar-refractivity contribution in [1.29, 1.82) is 0 Å². The standard InChI is InChI=1S/C20H31N3O.C3H8/c1-3-15(2)17-6-4-16(5-7-17)14-24-22-20(21)18-10-12-23(13-11-18)19-8-9-19;1-3-2/h4-7,15,18-19H,3,8-14H2,1-2H3,(H2,21,22);3H2,1-2H3. The van der Waals surface area contributed by atoms with Gasteiger partial charge in [-0.2, -0.15) is 0 Å². The van der Waals surface area contributed by atoms with Crippen LogP contribution in [0.2, 0.25) is 0 Å². The van der Waals surface area contributed by atoms with Crippen molar-refractivity contribution in [2.24, 2.45) is 16.8 Å². The molecule has 4 heteroatoms. The van der Waals surface area contributed by atoms with Crippen molar-refractivity contribution < 1.29 is 4.84 Å². The maximum Gasteiger partial charge on any atom is 0.142 e. The van der Waals surface area contributed by atoms with E-state index < -0.39 is 0 Å². The monoisotopic (exact) mass is 373 g/mol. The quantitative estimate of drug-likeness (QED) is 0.402. The van der Waals surface area contributed by atoms with Gasteiger partial charge in [0, 0.05) is 12.0 Å². The maximum absolute atomic E-state index is 6.14. The first-order valence-electron chi connectivity index (χ1n) is 10.9. The molecule has 4 nitrogen and oxygen atoms in total. The molecule has 1 atom stereocenters. The van der Waals surface area contributed by atoms with Crippen molar-refractivity contribution in [3.8, 4) is 0 Å². The molecule has 1 aromatic rings. The van der Waals surface area contributed by atoms with Crippen LogP contribution >= 0.6 is 0 Å². The Balaban J connectivity index is 0.000000817. The van der Waals surface area contributed by atoms with Gasteiger partial charge in [-0.1, -0.05) is 63.5 Å². The molecule has 0 amide bonds. The molecule has 0 radical (unpaired) electrons. The molecule has 1 unspecified atom stereocenters. The van der Waals surface area contributed by atoms with Crippen LogP contribution in [-0.2, 0) is 11.4 Å². The molecule has 1 heterocycles. The summed E-state index contributed by atoms with van der Waals surface area (Å²) in [5.41, 5.74) is 8.66. The summed E-state index contributed by atoms with van der Waals surface area (Å²) in [5.74, 6) is 1.66. The minimum absolute atomic E-state index is 0.382. The topological polar surface area (TPSA) is 50.9 Å². The van der Waals surface area contributed by atoms with Gasteiger partial charge in [0.2, 0.25) is 0 Å². The summed E-state index contributed by atoms with van der Waals surface area (Å²) in [7, 11) is 0. The Morgan fingerprint density at radius 1 is 1.11 bits per heavy atom. The maximum atomic E-state index is 6.14. The van der Waals surface area contributed by atoms with Crippen LogP contribution in [0, 0.1) is 5.92 Å². The molecule has 0 spiro atoms. The number of hydrogen-bond donors (Lipinski definition) is 1. The largest absolute Gasteiger partial charge is 0.390 e. The van der Waals surface area contributed by atoms with E-state index in [1.54, 1.807) is 0 Å². The Labute approximate surface area is 166 Å². The smallest absolute Gasteiger partial charge is 0.142 e. The van der Waals surface area contributed by atoms with Crippen molar-refractivity contribution in [3.63, 3.8) is 0 Å². The zero-order valence-electron chi connectivity index (χ0n) is 17.8. The lowest BCUT2D eigenvalue weighted by molar-refractivity contribution is 0.126. The first-order chi connectivity index (χ1) is 13.1. The van der Waals surface area contributed by atoms with E-state index >= 15 is 0 Å². The van der Waals surface area contributed by atoms with Gasteiger partial charge in [0.15, 0.2) is 0 Å². The molecule has 0 aromatic heterocycles. The summed E-state index contributed by atoms with van der Waals surface area (Å²) in [6, 6.07) is 9.49. The van der Waals surface area contributed by atoms with Gasteiger partial charge >= 0.3 is 0 Å². The number of nitrogens with zero attached hydrogens (tertiary/aromatic N) is 2. The lowest BCUT2D eigenvalue weighted by Crippen LogP contribution is -2.39. The first kappa shape index (κ1) is 21.7. The summed E-state index contributed by atoms with van der Waals surface area (Å²) >= 11 is 0. The minimum atomic E-state index is 0.382. The predicted octanol–water partition coefficient (Wildman–Crippen LogP) is 5.28. The first-order valence-corrected chi connectivity index (χ1v) is 10.9. The fraction of sp³-hybridized carbons (Fsp3) is 0.696. The van der Waals surface area contributed by atoms with Crippen molar-refractivity contribution in [2.45, 2.75) is 84.8 Å². The second-order valence-electron chi connectivity index (χ2n) is 8.09. The molecule has 2 fully saturated rings. The molecule has 27 heavy (non-hydrogen) atoms. The zero-order chi connectivity index (χ0) is 19.6. The highest BCUT2D eigenvalue weighted by Gasteiger charge is 2.32. The van der Waals surface area contributed by atoms with Crippen LogP contribution < -0.4 is 5.73 Å². The number of benzene rings is 1. The summed E-state index contributed by atoms with van der Waals surface area (Å²) in [6.45, 7) is 11.5. The highest BCUT2D eigenvalue weighted by Crippen LogP contribution is 2.30. The number of rotatable bonds is 7. The summed E-state index contributed by atoms with van der Waals surface area (Å²) in [4.78, 5) is 8.10. The number of likely N-dealkylation sites (tertiary alicyclic amines) is 1. The average molecular weight is 374 g/mol. The molecule has 3 rings (SSSR count). The van der Waals surface area contributed by atoms with E-state index in [1.165, 1.54) is 24.8 Å². The van der Waals surface area contributed by atoms with E-state index in [1.807, 2.05) is 0 Å². The second kappa shape index (κ2) is 11.3. The Bertz CT molecular complexity index is 557. The van der Waals surface area contributed by atoms with Crippen LogP contribution in [0.4, 0.5) is 0 Å². The fourth-order valence-corrected chi connectivity index (χ4v) is 3.43. The number of oxime groups is 1. The highest BCUT2D eigenvalue weighted by atomic mass is 16.6. The molecule has 1 saturated carbocycles. The van der Waals surface area contributed by atoms with E-state index in [4.69, 9.17) is 10.6 Å². The van der Waals surface area contributed by atoms with Gasteiger partial charge in [0.1, 0.15) is 12.4 Å². The Morgan fingerprint density at radius 2 is 1.70 bits per heavy atom. The van der Waals surface area contributed by atoms with Crippen LogP contribution in [0.3, 0.4) is 0 Å². The Hall–Kier alpha value is -1.55. The Morgan fingerprint density at radius 3 is 2.22 bits per heavy atom. The zero-order valence-corrected chi connectivity index (χ0v) is 17.8. The van der Waals surface area contributed by atoms with Crippen LogP contribution in [0.5, 0.6) is 0 Å². The summed E-state index contributed by atoms with van der Waals surface area (Å²) in [5, 5.41) is 4.18. The van der Waals surface area contributed by atoms with Crippen molar-refractivity contribution in [2.75, 3.05) is 13.1 Å². The third kappa shape index (κ3) is 7.17. The molecule has 1 aromatic carbocycles. The fourth-order valence-electron chi connectivity index (χ4n) is 3.43. The van der Waals surface area contributed by atoms with Gasteiger partial charge in [0.05, 0.1) is 0 Å². The van der Waals surface area contributed by atoms with Crippen LogP contribution in [0.15, 0.2) is 29.4 Å². The predicted molar refractivity (Wildman–Crippen MR) is 115 cm³/mol. The molecular formula is C23H39N3O. The number of piperidine rings is 1. The number of nitrogens with two attached hydrogens (primary N) is 1. The third-order valence-electron chi connectivity index (χ3n) is 5.57. The van der Waals surface area contributed by atoms with E-state index in [2.05, 4.69) is 62.0 Å². The molecule has 1 aliphatic carbocycles. The van der Waals surface area contributed by atoms with Gasteiger partial charge in [-0.15, -0.1) is 0 Å². The van der Waals surface area contributed by atoms with E-state index in [0.29, 0.717) is 24.3 Å². The normalized spacial score (nSPS) is 19.9. The van der Waals surface area contributed by atoms with Crippen molar-refractivity contribution >= 4 is 5.84 Å². The van der Waals surface area contributed by atoms with E-state index in [0.717, 1.165) is 44.0 Å². The molecule has 1 aliphatic heterocycles. The van der Waals surface area contributed by atoms with E-state index in [9.17, 15) is 0 Å². The third-order valence-corrected chi connectivity index (χ3v) is 5.57. The lowest BCUT2D eigenvalue weighted by Gasteiger charge is -2.31. The molecule has 2 N–H and O–H groups in total. The molecule has 1 saturated heterocycles. The lowest BCUT2D eigenvalue weighted by atomic mass is 9.96.